The van der Waals surface area contributed by atoms with Crippen LogP contribution in [0.2, 0.25) is 0 Å². The number of hydrogen-bond donors (Lipinski definition) is 2. The van der Waals surface area contributed by atoms with Crippen LogP contribution in [0.4, 0.5) is 0 Å². The molecule has 1 saturated heterocycles. The Morgan fingerprint density at radius 3 is 2.00 bits per heavy atom. The average Bonchev–Trinajstić information content (AvgIpc) is 2.96. The van der Waals surface area contributed by atoms with E-state index >= 15 is 0 Å². The number of hydrogen-bond acceptors (Lipinski definition) is 5. The number of carboxylic acid groups (broad SMARTS) is 1. The number of carbonyl (C=O) groups is 1. The monoisotopic (exact) mass is 343 g/mol. The van der Waals surface area contributed by atoms with Crippen LogP contribution >= 0.6 is 0 Å². The van der Waals surface area contributed by atoms with E-state index in [1.807, 2.05) is 60.7 Å². The fourth-order valence-electron chi connectivity index (χ4n) is 2.73. The Morgan fingerprint density at radius 2 is 1.48 bits per heavy atom. The van der Waals surface area contributed by atoms with Gasteiger partial charge in [-0.15, -0.1) is 0 Å². The van der Waals surface area contributed by atoms with Gasteiger partial charge in [0.25, 0.3) is 0 Å². The smallest absolute Gasteiger partial charge is 0.334 e. The Kier molecular flexibility index (Phi) is 5.78. The Hall–Kier alpha value is -2.25. The van der Waals surface area contributed by atoms with Gasteiger partial charge in [0.2, 0.25) is 0 Å². The van der Waals surface area contributed by atoms with Crippen molar-refractivity contribution >= 4 is 5.97 Å². The normalized spacial score (nSPS) is 25.8. The molecule has 4 atom stereocenters. The Labute approximate surface area is 146 Å². The molecule has 0 aromatic heterocycles. The van der Waals surface area contributed by atoms with Gasteiger partial charge in [0, 0.05) is 0 Å². The second kappa shape index (κ2) is 8.22. The Balaban J connectivity index is 1.65. The van der Waals surface area contributed by atoms with Gasteiger partial charge >= 0.3 is 5.97 Å². The highest BCUT2D eigenvalue weighted by molar-refractivity contribution is 5.74. The molecule has 1 fully saturated rings. The van der Waals surface area contributed by atoms with E-state index in [0.29, 0.717) is 6.61 Å². The van der Waals surface area contributed by atoms with Crippen molar-refractivity contribution in [3.05, 3.63) is 71.8 Å². The molecule has 1 aliphatic heterocycles. The van der Waals surface area contributed by atoms with Crippen molar-refractivity contribution in [1.82, 2.24) is 0 Å². The van der Waals surface area contributed by atoms with Crippen molar-refractivity contribution in [3.63, 3.8) is 0 Å². The van der Waals surface area contributed by atoms with Crippen LogP contribution in [0.25, 0.3) is 0 Å². The van der Waals surface area contributed by atoms with E-state index in [1.54, 1.807) is 0 Å². The molecule has 0 bridgehead atoms. The number of carboxylic acids is 1. The first kappa shape index (κ1) is 17.6. The standard InChI is InChI=1S/C19H21NO5/c20-15-16(18(21)22)25-19(24-12-14-9-5-2-6-10-14)17(15)23-11-13-7-3-1-4-8-13/h1-10,15-17,19H,11-12,20H2,(H,21,22)/t15-,16+,17-,19-/m1/s1. The fourth-order valence-corrected chi connectivity index (χ4v) is 2.73. The zero-order valence-corrected chi connectivity index (χ0v) is 13.7. The van der Waals surface area contributed by atoms with Gasteiger partial charge in [-0.3, -0.25) is 0 Å². The van der Waals surface area contributed by atoms with E-state index in [-0.39, 0.29) is 6.61 Å². The molecule has 2 aromatic rings. The molecule has 0 amide bonds. The molecule has 6 heteroatoms. The second-order valence-electron chi connectivity index (χ2n) is 5.90. The lowest BCUT2D eigenvalue weighted by molar-refractivity contribution is -0.192. The Morgan fingerprint density at radius 1 is 0.960 bits per heavy atom. The third-order valence-electron chi connectivity index (χ3n) is 4.06. The van der Waals surface area contributed by atoms with Crippen LogP contribution in [0.5, 0.6) is 0 Å². The van der Waals surface area contributed by atoms with E-state index in [0.717, 1.165) is 11.1 Å². The van der Waals surface area contributed by atoms with Crippen LogP contribution in [0.15, 0.2) is 60.7 Å². The highest BCUT2D eigenvalue weighted by Gasteiger charge is 2.47. The summed E-state index contributed by atoms with van der Waals surface area (Å²) in [6, 6.07) is 18.4. The van der Waals surface area contributed by atoms with Gasteiger partial charge in [-0.2, -0.15) is 0 Å². The molecule has 6 nitrogen and oxygen atoms in total. The predicted octanol–water partition coefficient (Wildman–Crippen LogP) is 1.93. The first-order chi connectivity index (χ1) is 12.1. The maximum atomic E-state index is 11.3. The van der Waals surface area contributed by atoms with E-state index in [4.69, 9.17) is 19.9 Å². The molecule has 3 N–H and O–H groups in total. The second-order valence-corrected chi connectivity index (χ2v) is 5.90. The fraction of sp³-hybridized carbons (Fsp3) is 0.316. The van der Waals surface area contributed by atoms with E-state index in [2.05, 4.69) is 0 Å². The van der Waals surface area contributed by atoms with Gasteiger partial charge in [0.1, 0.15) is 6.10 Å². The zero-order valence-electron chi connectivity index (χ0n) is 13.7. The van der Waals surface area contributed by atoms with Crippen molar-refractivity contribution < 1.29 is 24.1 Å². The van der Waals surface area contributed by atoms with Gasteiger partial charge in [-0.1, -0.05) is 60.7 Å². The summed E-state index contributed by atoms with van der Waals surface area (Å²) in [4.78, 5) is 11.3. The molecule has 132 valence electrons. The number of aliphatic carboxylic acids is 1. The zero-order chi connectivity index (χ0) is 17.6. The molecule has 2 aromatic carbocycles. The van der Waals surface area contributed by atoms with Crippen molar-refractivity contribution in [3.8, 4) is 0 Å². The van der Waals surface area contributed by atoms with Crippen LogP contribution in [-0.4, -0.2) is 35.6 Å². The third kappa shape index (κ3) is 4.43. The van der Waals surface area contributed by atoms with Gasteiger partial charge in [-0.05, 0) is 11.1 Å². The van der Waals surface area contributed by atoms with Gasteiger partial charge in [0.05, 0.1) is 19.3 Å². The van der Waals surface area contributed by atoms with E-state index in [9.17, 15) is 9.90 Å². The summed E-state index contributed by atoms with van der Waals surface area (Å²) < 4.78 is 17.1. The topological polar surface area (TPSA) is 91.0 Å². The maximum absolute atomic E-state index is 11.3. The first-order valence-corrected chi connectivity index (χ1v) is 8.10. The predicted molar refractivity (Wildman–Crippen MR) is 90.5 cm³/mol. The van der Waals surface area contributed by atoms with Crippen molar-refractivity contribution in [2.45, 2.75) is 37.8 Å². The largest absolute Gasteiger partial charge is 0.479 e. The molecular weight excluding hydrogens is 322 g/mol. The van der Waals surface area contributed by atoms with E-state index < -0.39 is 30.5 Å². The van der Waals surface area contributed by atoms with Crippen LogP contribution in [0.3, 0.4) is 0 Å². The lowest BCUT2D eigenvalue weighted by Gasteiger charge is -2.21. The van der Waals surface area contributed by atoms with Gasteiger partial charge in [0.15, 0.2) is 12.4 Å². The molecule has 0 aliphatic carbocycles. The average molecular weight is 343 g/mol. The third-order valence-corrected chi connectivity index (χ3v) is 4.06. The molecule has 1 aliphatic rings. The summed E-state index contributed by atoms with van der Waals surface area (Å²) in [5.74, 6) is -1.12. The van der Waals surface area contributed by atoms with Crippen LogP contribution in [0.1, 0.15) is 11.1 Å². The van der Waals surface area contributed by atoms with Crippen LogP contribution in [0, 0.1) is 0 Å². The van der Waals surface area contributed by atoms with E-state index in [1.165, 1.54) is 0 Å². The highest BCUT2D eigenvalue weighted by Crippen LogP contribution is 2.26. The molecular formula is C19H21NO5. The number of rotatable bonds is 7. The van der Waals surface area contributed by atoms with Crippen molar-refractivity contribution in [2.24, 2.45) is 5.73 Å². The first-order valence-electron chi connectivity index (χ1n) is 8.10. The maximum Gasteiger partial charge on any atom is 0.334 e. The van der Waals surface area contributed by atoms with Crippen molar-refractivity contribution in [1.29, 1.82) is 0 Å². The molecule has 0 unspecified atom stereocenters. The summed E-state index contributed by atoms with van der Waals surface area (Å²) in [5, 5.41) is 9.27. The lowest BCUT2D eigenvalue weighted by Crippen LogP contribution is -2.45. The molecule has 0 saturated carbocycles. The molecule has 0 spiro atoms. The molecule has 0 radical (unpaired) electrons. The highest BCUT2D eigenvalue weighted by atomic mass is 16.7. The molecule has 25 heavy (non-hydrogen) atoms. The molecule has 1 heterocycles. The summed E-state index contributed by atoms with van der Waals surface area (Å²) in [7, 11) is 0. The minimum atomic E-state index is -1.15. The summed E-state index contributed by atoms with van der Waals surface area (Å²) in [6.45, 7) is 0.593. The number of nitrogens with two attached hydrogens (primary N) is 1. The number of ether oxygens (including phenoxy) is 3. The SMILES string of the molecule is N[C@H]1[C@@H](OCc2ccccc2)[C@H](OCc2ccccc2)O[C@@H]1C(=O)O. The summed E-state index contributed by atoms with van der Waals surface area (Å²) >= 11 is 0. The lowest BCUT2D eigenvalue weighted by atomic mass is 10.1. The minimum Gasteiger partial charge on any atom is -0.479 e. The Bertz CT molecular complexity index is 679. The van der Waals surface area contributed by atoms with Gasteiger partial charge < -0.3 is 25.1 Å². The van der Waals surface area contributed by atoms with Crippen LogP contribution < -0.4 is 5.73 Å². The minimum absolute atomic E-state index is 0.287. The molecule has 3 rings (SSSR count). The summed E-state index contributed by atoms with van der Waals surface area (Å²) in [5.41, 5.74) is 7.96. The van der Waals surface area contributed by atoms with Gasteiger partial charge in [-0.25, -0.2) is 4.79 Å². The number of benzene rings is 2. The van der Waals surface area contributed by atoms with Crippen LogP contribution in [-0.2, 0) is 32.2 Å². The van der Waals surface area contributed by atoms with Crippen molar-refractivity contribution in [2.75, 3.05) is 0 Å². The quantitative estimate of drug-likeness (QED) is 0.798. The summed E-state index contributed by atoms with van der Waals surface area (Å²) in [6.07, 6.45) is -2.65.